The number of aliphatic hydroxyl groups excluding tert-OH is 2. The van der Waals surface area contributed by atoms with Crippen molar-refractivity contribution in [3.8, 4) is 0 Å². The van der Waals surface area contributed by atoms with Crippen LogP contribution >= 0.6 is 0 Å². The molecule has 3 unspecified atom stereocenters. The standard InChI is InChI=1S/C12H22N2O3/c1-2-3-12(4-5-13-8-12)11(17)14-6-9(15)10(16)7-14/h9-10,13,15-16H,2-8H2,1H3. The molecule has 2 rings (SSSR count). The van der Waals surface area contributed by atoms with Crippen LogP contribution in [0.4, 0.5) is 0 Å². The van der Waals surface area contributed by atoms with E-state index in [1.807, 2.05) is 0 Å². The van der Waals surface area contributed by atoms with Crippen LogP contribution in [-0.4, -0.2) is 59.4 Å². The molecule has 3 atom stereocenters. The third kappa shape index (κ3) is 2.32. The van der Waals surface area contributed by atoms with E-state index >= 15 is 0 Å². The molecule has 0 aromatic rings. The second-order valence-corrected chi connectivity index (χ2v) is 5.30. The summed E-state index contributed by atoms with van der Waals surface area (Å²) in [6.45, 7) is 4.23. The summed E-state index contributed by atoms with van der Waals surface area (Å²) in [5.74, 6) is 0.0972. The molecule has 2 saturated heterocycles. The van der Waals surface area contributed by atoms with E-state index in [-0.39, 0.29) is 24.4 Å². The first-order chi connectivity index (χ1) is 8.09. The number of carbonyl (C=O) groups excluding carboxylic acids is 1. The fourth-order valence-electron chi connectivity index (χ4n) is 3.00. The predicted molar refractivity (Wildman–Crippen MR) is 63.4 cm³/mol. The van der Waals surface area contributed by atoms with Crippen molar-refractivity contribution < 1.29 is 15.0 Å². The Balaban J connectivity index is 2.07. The number of rotatable bonds is 3. The molecule has 0 bridgehead atoms. The molecule has 2 aliphatic rings. The van der Waals surface area contributed by atoms with Crippen molar-refractivity contribution in [3.05, 3.63) is 0 Å². The Hall–Kier alpha value is -0.650. The van der Waals surface area contributed by atoms with Crippen molar-refractivity contribution in [2.45, 2.75) is 38.4 Å². The summed E-state index contributed by atoms with van der Waals surface area (Å²) in [6.07, 6.45) is 1.15. The van der Waals surface area contributed by atoms with E-state index in [0.717, 1.165) is 32.4 Å². The Morgan fingerprint density at radius 1 is 1.41 bits per heavy atom. The molecular formula is C12H22N2O3. The number of hydrogen-bond donors (Lipinski definition) is 3. The zero-order valence-corrected chi connectivity index (χ0v) is 10.4. The average molecular weight is 242 g/mol. The van der Waals surface area contributed by atoms with Crippen LogP contribution in [0.25, 0.3) is 0 Å². The van der Waals surface area contributed by atoms with Gasteiger partial charge < -0.3 is 20.4 Å². The van der Waals surface area contributed by atoms with Gasteiger partial charge in [0.05, 0.1) is 17.6 Å². The topological polar surface area (TPSA) is 72.8 Å². The van der Waals surface area contributed by atoms with Gasteiger partial charge in [-0.25, -0.2) is 0 Å². The second kappa shape index (κ2) is 4.92. The van der Waals surface area contributed by atoms with Crippen molar-refractivity contribution in [1.29, 1.82) is 0 Å². The second-order valence-electron chi connectivity index (χ2n) is 5.30. The van der Waals surface area contributed by atoms with Crippen LogP contribution in [0.1, 0.15) is 26.2 Å². The Bertz CT molecular complexity index is 279. The highest BCUT2D eigenvalue weighted by Gasteiger charge is 2.45. The van der Waals surface area contributed by atoms with Crippen LogP contribution in [0.2, 0.25) is 0 Å². The number of likely N-dealkylation sites (tertiary alicyclic amines) is 1. The van der Waals surface area contributed by atoms with Gasteiger partial charge in [0.15, 0.2) is 0 Å². The van der Waals surface area contributed by atoms with E-state index in [4.69, 9.17) is 0 Å². The van der Waals surface area contributed by atoms with E-state index in [2.05, 4.69) is 12.2 Å². The van der Waals surface area contributed by atoms with Gasteiger partial charge in [0.2, 0.25) is 5.91 Å². The number of aliphatic hydroxyl groups is 2. The van der Waals surface area contributed by atoms with Crippen molar-refractivity contribution in [2.75, 3.05) is 26.2 Å². The SMILES string of the molecule is CCCC1(C(=O)N2CC(O)C(O)C2)CCNC1. The summed E-state index contributed by atoms with van der Waals surface area (Å²) < 4.78 is 0. The van der Waals surface area contributed by atoms with Crippen LogP contribution in [-0.2, 0) is 4.79 Å². The number of β-amino-alcohol motifs (C(OH)–C–C–N with tert-alkyl or cyclic N) is 2. The lowest BCUT2D eigenvalue weighted by molar-refractivity contribution is -0.141. The Morgan fingerprint density at radius 2 is 2.06 bits per heavy atom. The summed E-state index contributed by atoms with van der Waals surface area (Å²) in [6, 6.07) is 0. The zero-order chi connectivity index (χ0) is 12.5. The maximum Gasteiger partial charge on any atom is 0.230 e. The zero-order valence-electron chi connectivity index (χ0n) is 10.4. The van der Waals surface area contributed by atoms with E-state index in [1.165, 1.54) is 0 Å². The van der Waals surface area contributed by atoms with Gasteiger partial charge in [-0.05, 0) is 19.4 Å². The maximum atomic E-state index is 12.5. The molecule has 0 aliphatic carbocycles. The average Bonchev–Trinajstić information content (AvgIpc) is 2.88. The third-order valence-electron chi connectivity index (χ3n) is 3.97. The molecular weight excluding hydrogens is 220 g/mol. The fraction of sp³-hybridized carbons (Fsp3) is 0.917. The highest BCUT2D eigenvalue weighted by atomic mass is 16.3. The van der Waals surface area contributed by atoms with Crippen molar-refractivity contribution in [2.24, 2.45) is 5.41 Å². The first kappa shape index (κ1) is 12.8. The van der Waals surface area contributed by atoms with Gasteiger partial charge in [-0.3, -0.25) is 4.79 Å². The molecule has 98 valence electrons. The summed E-state index contributed by atoms with van der Waals surface area (Å²) in [5, 5.41) is 22.3. The molecule has 3 N–H and O–H groups in total. The molecule has 5 heteroatoms. The molecule has 2 heterocycles. The number of carbonyl (C=O) groups is 1. The largest absolute Gasteiger partial charge is 0.388 e. The number of amides is 1. The molecule has 0 aromatic heterocycles. The molecule has 2 fully saturated rings. The molecule has 0 saturated carbocycles. The lowest BCUT2D eigenvalue weighted by Gasteiger charge is -2.31. The van der Waals surface area contributed by atoms with E-state index < -0.39 is 12.2 Å². The number of nitrogens with one attached hydrogen (secondary N) is 1. The van der Waals surface area contributed by atoms with Gasteiger partial charge in [-0.2, -0.15) is 0 Å². The van der Waals surface area contributed by atoms with Gasteiger partial charge in [-0.1, -0.05) is 13.3 Å². The van der Waals surface area contributed by atoms with Gasteiger partial charge in [0.1, 0.15) is 0 Å². The van der Waals surface area contributed by atoms with Crippen molar-refractivity contribution in [3.63, 3.8) is 0 Å². The normalized spacial score (nSPS) is 37.7. The minimum atomic E-state index is -0.785. The molecule has 0 radical (unpaired) electrons. The lowest BCUT2D eigenvalue weighted by atomic mass is 9.81. The van der Waals surface area contributed by atoms with E-state index in [0.29, 0.717) is 0 Å². The molecule has 1 amide bonds. The lowest BCUT2D eigenvalue weighted by Crippen LogP contribution is -2.44. The third-order valence-corrected chi connectivity index (χ3v) is 3.97. The van der Waals surface area contributed by atoms with Crippen LogP contribution in [0.3, 0.4) is 0 Å². The monoisotopic (exact) mass is 242 g/mol. The van der Waals surface area contributed by atoms with Crippen LogP contribution < -0.4 is 5.32 Å². The predicted octanol–water partition coefficient (Wildman–Crippen LogP) is -0.670. The number of hydrogen-bond acceptors (Lipinski definition) is 4. The molecule has 5 nitrogen and oxygen atoms in total. The van der Waals surface area contributed by atoms with Crippen LogP contribution in [0.5, 0.6) is 0 Å². The fourth-order valence-corrected chi connectivity index (χ4v) is 3.00. The van der Waals surface area contributed by atoms with Gasteiger partial charge in [-0.15, -0.1) is 0 Å². The minimum absolute atomic E-state index is 0.0972. The van der Waals surface area contributed by atoms with Crippen LogP contribution in [0, 0.1) is 5.41 Å². The molecule has 2 aliphatic heterocycles. The quantitative estimate of drug-likeness (QED) is 0.614. The Kier molecular flexibility index (Phi) is 3.70. The summed E-state index contributed by atoms with van der Waals surface area (Å²) in [7, 11) is 0. The highest BCUT2D eigenvalue weighted by molar-refractivity contribution is 5.83. The smallest absolute Gasteiger partial charge is 0.230 e. The van der Waals surface area contributed by atoms with Gasteiger partial charge in [0, 0.05) is 19.6 Å². The van der Waals surface area contributed by atoms with Gasteiger partial charge in [0.25, 0.3) is 0 Å². The van der Waals surface area contributed by atoms with Gasteiger partial charge >= 0.3 is 0 Å². The first-order valence-corrected chi connectivity index (χ1v) is 6.45. The van der Waals surface area contributed by atoms with E-state index in [9.17, 15) is 15.0 Å². The highest BCUT2D eigenvalue weighted by Crippen LogP contribution is 2.34. The summed E-state index contributed by atoms with van der Waals surface area (Å²) in [4.78, 5) is 14.1. The molecule has 0 spiro atoms. The molecule has 17 heavy (non-hydrogen) atoms. The Labute approximate surface area is 102 Å². The summed E-state index contributed by atoms with van der Waals surface area (Å²) in [5.41, 5.74) is -0.307. The maximum absolute atomic E-state index is 12.5. The van der Waals surface area contributed by atoms with Crippen molar-refractivity contribution in [1.82, 2.24) is 10.2 Å². The number of nitrogens with zero attached hydrogens (tertiary/aromatic N) is 1. The van der Waals surface area contributed by atoms with Crippen molar-refractivity contribution >= 4 is 5.91 Å². The van der Waals surface area contributed by atoms with E-state index in [1.54, 1.807) is 4.90 Å². The Morgan fingerprint density at radius 3 is 2.53 bits per heavy atom. The minimum Gasteiger partial charge on any atom is -0.388 e. The summed E-state index contributed by atoms with van der Waals surface area (Å²) >= 11 is 0. The van der Waals surface area contributed by atoms with Crippen LogP contribution in [0.15, 0.2) is 0 Å². The molecule has 0 aromatic carbocycles. The first-order valence-electron chi connectivity index (χ1n) is 6.45.